The van der Waals surface area contributed by atoms with Gasteiger partial charge < -0.3 is 9.80 Å². The van der Waals surface area contributed by atoms with Crippen LogP contribution < -0.4 is 0 Å². The van der Waals surface area contributed by atoms with Gasteiger partial charge in [0.25, 0.3) is 0 Å². The second-order valence-electron chi connectivity index (χ2n) is 7.90. The first kappa shape index (κ1) is 17.8. The molecule has 2 saturated heterocycles. The van der Waals surface area contributed by atoms with Crippen LogP contribution in [0.2, 0.25) is 0 Å². The molecule has 1 aromatic heterocycles. The topological polar surface area (TPSA) is 74.6 Å². The smallest absolute Gasteiger partial charge is 0.228 e. The number of amides is 2. The van der Waals surface area contributed by atoms with Crippen LogP contribution in [0.1, 0.15) is 27.2 Å². The summed E-state index contributed by atoms with van der Waals surface area (Å²) in [5, 5.41) is 4.11. The van der Waals surface area contributed by atoms with Gasteiger partial charge >= 0.3 is 0 Å². The molecule has 0 aromatic carbocycles. The number of hydrogen-bond donors (Lipinski definition) is 0. The predicted molar refractivity (Wildman–Crippen MR) is 92.6 cm³/mol. The Kier molecular flexibility index (Phi) is 5.08. The van der Waals surface area contributed by atoms with E-state index in [0.29, 0.717) is 13.0 Å². The summed E-state index contributed by atoms with van der Waals surface area (Å²) >= 11 is 0. The molecule has 3 rings (SSSR count). The second-order valence-corrected chi connectivity index (χ2v) is 7.90. The van der Waals surface area contributed by atoms with Gasteiger partial charge in [0.05, 0.1) is 12.5 Å². The van der Waals surface area contributed by atoms with Crippen molar-refractivity contribution in [2.75, 3.05) is 39.3 Å². The summed E-state index contributed by atoms with van der Waals surface area (Å²) in [4.78, 5) is 35.0. The Morgan fingerprint density at radius 2 is 1.92 bits per heavy atom. The average Bonchev–Trinajstić information content (AvgIpc) is 3.21. The van der Waals surface area contributed by atoms with Crippen LogP contribution in [-0.2, 0) is 16.1 Å². The molecule has 0 bridgehead atoms. The number of carbonyl (C=O) groups excluding carboxylic acids is 2. The highest BCUT2D eigenvalue weighted by atomic mass is 16.2. The second kappa shape index (κ2) is 7.11. The number of aromatic nitrogens is 3. The van der Waals surface area contributed by atoms with E-state index in [-0.39, 0.29) is 23.3 Å². The molecule has 1 aromatic rings. The number of hydrogen-bond acceptors (Lipinski definition) is 5. The van der Waals surface area contributed by atoms with Crippen molar-refractivity contribution in [3.8, 4) is 0 Å². The summed E-state index contributed by atoms with van der Waals surface area (Å²) in [5.74, 6) is 0.0433. The van der Waals surface area contributed by atoms with Gasteiger partial charge in [0.1, 0.15) is 12.7 Å². The summed E-state index contributed by atoms with van der Waals surface area (Å²) in [6.07, 6.45) is 3.61. The van der Waals surface area contributed by atoms with Gasteiger partial charge in [-0.15, -0.1) is 0 Å². The minimum absolute atomic E-state index is 0.0947. The fraction of sp³-hybridized carbons (Fsp3) is 0.765. The van der Waals surface area contributed by atoms with Crippen molar-refractivity contribution in [1.29, 1.82) is 0 Å². The van der Waals surface area contributed by atoms with Crippen LogP contribution in [0.25, 0.3) is 0 Å². The molecule has 1 unspecified atom stereocenters. The van der Waals surface area contributed by atoms with Crippen LogP contribution in [-0.4, -0.2) is 86.1 Å². The third kappa shape index (κ3) is 4.18. The Hall–Kier alpha value is -1.96. The van der Waals surface area contributed by atoms with Crippen LogP contribution >= 0.6 is 0 Å². The fourth-order valence-corrected chi connectivity index (χ4v) is 3.56. The molecule has 3 heterocycles. The van der Waals surface area contributed by atoms with Crippen molar-refractivity contribution in [1.82, 2.24) is 29.5 Å². The maximum atomic E-state index is 12.8. The van der Waals surface area contributed by atoms with Gasteiger partial charge in [0, 0.05) is 51.2 Å². The number of carbonyl (C=O) groups is 2. The third-order valence-electron chi connectivity index (χ3n) is 5.08. The van der Waals surface area contributed by atoms with Crippen molar-refractivity contribution in [2.45, 2.75) is 39.3 Å². The zero-order valence-corrected chi connectivity index (χ0v) is 15.4. The van der Waals surface area contributed by atoms with Crippen LogP contribution in [0.3, 0.4) is 0 Å². The lowest BCUT2D eigenvalue weighted by Gasteiger charge is -2.36. The summed E-state index contributed by atoms with van der Waals surface area (Å²) in [7, 11) is 0. The number of rotatable bonds is 4. The van der Waals surface area contributed by atoms with Crippen LogP contribution in [0.15, 0.2) is 12.7 Å². The van der Waals surface area contributed by atoms with Crippen LogP contribution in [0.5, 0.6) is 0 Å². The lowest BCUT2D eigenvalue weighted by atomic mass is 10.1. The maximum absolute atomic E-state index is 12.8. The maximum Gasteiger partial charge on any atom is 0.228 e. The van der Waals surface area contributed by atoms with Gasteiger partial charge in [-0.1, -0.05) is 0 Å². The molecule has 138 valence electrons. The summed E-state index contributed by atoms with van der Waals surface area (Å²) in [5.41, 5.74) is -0.216. The molecule has 0 spiro atoms. The average molecular weight is 348 g/mol. The number of likely N-dealkylation sites (tertiary alicyclic amines) is 1. The monoisotopic (exact) mass is 348 g/mol. The normalized spacial score (nSPS) is 22.7. The van der Waals surface area contributed by atoms with Gasteiger partial charge in [0.15, 0.2) is 0 Å². The molecule has 0 N–H and O–H groups in total. The van der Waals surface area contributed by atoms with E-state index < -0.39 is 0 Å². The lowest BCUT2D eigenvalue weighted by Crippen LogP contribution is -2.51. The number of piperazine rings is 1. The highest BCUT2D eigenvalue weighted by molar-refractivity contribution is 5.89. The van der Waals surface area contributed by atoms with Gasteiger partial charge in [-0.2, -0.15) is 5.10 Å². The lowest BCUT2D eigenvalue weighted by molar-refractivity contribution is -0.137. The minimum atomic E-state index is -0.216. The third-order valence-corrected chi connectivity index (χ3v) is 5.08. The molecule has 1 atom stereocenters. The molecule has 2 amide bonds. The molecule has 8 heteroatoms. The molecule has 2 aliphatic rings. The Morgan fingerprint density at radius 1 is 1.20 bits per heavy atom. The van der Waals surface area contributed by atoms with E-state index in [4.69, 9.17) is 0 Å². The summed E-state index contributed by atoms with van der Waals surface area (Å²) in [6.45, 7) is 11.5. The Morgan fingerprint density at radius 3 is 2.48 bits per heavy atom. The van der Waals surface area contributed by atoms with Crippen molar-refractivity contribution >= 4 is 11.8 Å². The van der Waals surface area contributed by atoms with E-state index in [0.717, 1.165) is 39.3 Å². The molecule has 2 aliphatic heterocycles. The first-order valence-electron chi connectivity index (χ1n) is 8.98. The highest BCUT2D eigenvalue weighted by Crippen LogP contribution is 2.27. The Balaban J connectivity index is 1.46. The van der Waals surface area contributed by atoms with Crippen molar-refractivity contribution < 1.29 is 9.59 Å². The first-order chi connectivity index (χ1) is 11.8. The zero-order chi connectivity index (χ0) is 18.0. The SMILES string of the molecule is CC(C)(C)N1CC(C(=O)N2CCN(CCn3cncn3)CC2)CC1=O. The van der Waals surface area contributed by atoms with Gasteiger partial charge in [-0.25, -0.2) is 4.98 Å². The molecule has 8 nitrogen and oxygen atoms in total. The van der Waals surface area contributed by atoms with E-state index >= 15 is 0 Å². The van der Waals surface area contributed by atoms with E-state index in [2.05, 4.69) is 15.0 Å². The minimum Gasteiger partial charge on any atom is -0.340 e. The largest absolute Gasteiger partial charge is 0.340 e. The molecular weight excluding hydrogens is 320 g/mol. The zero-order valence-electron chi connectivity index (χ0n) is 15.4. The van der Waals surface area contributed by atoms with E-state index in [1.807, 2.05) is 35.3 Å². The highest BCUT2D eigenvalue weighted by Gasteiger charge is 2.41. The van der Waals surface area contributed by atoms with Crippen LogP contribution in [0.4, 0.5) is 0 Å². The molecule has 0 radical (unpaired) electrons. The Labute approximate surface area is 148 Å². The molecule has 0 aliphatic carbocycles. The fourth-order valence-electron chi connectivity index (χ4n) is 3.56. The Bertz CT molecular complexity index is 601. The van der Waals surface area contributed by atoms with E-state index in [1.54, 1.807) is 12.7 Å². The van der Waals surface area contributed by atoms with Gasteiger partial charge in [0.2, 0.25) is 11.8 Å². The molecular formula is C17H28N6O2. The van der Waals surface area contributed by atoms with Crippen molar-refractivity contribution in [3.63, 3.8) is 0 Å². The molecule has 25 heavy (non-hydrogen) atoms. The quantitative estimate of drug-likeness (QED) is 0.770. The standard InChI is InChI=1S/C17H28N6O2/c1-17(2,3)23-11-14(10-15(23)24)16(25)21-7-4-20(5-8-21)6-9-22-13-18-12-19-22/h12-14H,4-11H2,1-3H3. The van der Waals surface area contributed by atoms with E-state index in [1.165, 1.54) is 0 Å². The molecule has 0 saturated carbocycles. The van der Waals surface area contributed by atoms with E-state index in [9.17, 15) is 9.59 Å². The van der Waals surface area contributed by atoms with Gasteiger partial charge in [-0.05, 0) is 20.8 Å². The summed E-state index contributed by atoms with van der Waals surface area (Å²) < 4.78 is 1.82. The predicted octanol–water partition coefficient (Wildman–Crippen LogP) is 0.0693. The van der Waals surface area contributed by atoms with Crippen molar-refractivity contribution in [2.24, 2.45) is 5.92 Å². The molecule has 2 fully saturated rings. The summed E-state index contributed by atoms with van der Waals surface area (Å²) in [6, 6.07) is 0. The number of nitrogens with zero attached hydrogens (tertiary/aromatic N) is 6. The van der Waals surface area contributed by atoms with Gasteiger partial charge in [-0.3, -0.25) is 19.2 Å². The van der Waals surface area contributed by atoms with Crippen LogP contribution in [0, 0.1) is 5.92 Å². The van der Waals surface area contributed by atoms with Crippen molar-refractivity contribution in [3.05, 3.63) is 12.7 Å². The first-order valence-corrected chi connectivity index (χ1v) is 8.98.